The molecule has 0 aliphatic carbocycles. The van der Waals surface area contributed by atoms with Crippen LogP contribution in [0.15, 0.2) is 23.1 Å². The van der Waals surface area contributed by atoms with Crippen LogP contribution < -0.4 is 5.73 Å². The molecule has 0 aliphatic rings. The second-order valence-corrected chi connectivity index (χ2v) is 4.62. The Morgan fingerprint density at radius 1 is 1.42 bits per heavy atom. The monoisotopic (exact) mass is 237 g/mol. The molecular formula is C7H5Cl2NS2. The quantitative estimate of drug-likeness (QED) is 0.600. The standard InChI is InChI=1S/C7H5Cl2NS2/c8-4-1-2-6(5(9)3-4)12-7(10)11/h1-3H,(H2,10,11). The van der Waals surface area contributed by atoms with Gasteiger partial charge in [-0.3, -0.25) is 0 Å². The van der Waals surface area contributed by atoms with E-state index in [2.05, 4.69) is 0 Å². The van der Waals surface area contributed by atoms with Crippen LogP contribution >= 0.6 is 47.2 Å². The molecule has 0 bridgehead atoms. The summed E-state index contributed by atoms with van der Waals surface area (Å²) in [5.74, 6) is 0. The molecule has 64 valence electrons. The molecule has 0 saturated heterocycles. The van der Waals surface area contributed by atoms with E-state index in [1.165, 1.54) is 11.8 Å². The number of benzene rings is 1. The number of hydrogen-bond acceptors (Lipinski definition) is 2. The van der Waals surface area contributed by atoms with E-state index in [1.807, 2.05) is 0 Å². The third-order valence-electron chi connectivity index (χ3n) is 1.10. The summed E-state index contributed by atoms with van der Waals surface area (Å²) in [5, 5.41) is 1.17. The fourth-order valence-corrected chi connectivity index (χ4v) is 1.97. The van der Waals surface area contributed by atoms with Gasteiger partial charge in [0.05, 0.1) is 5.02 Å². The first-order valence-corrected chi connectivity index (χ1v) is 5.00. The normalized spacial score (nSPS) is 9.83. The highest BCUT2D eigenvalue weighted by Gasteiger charge is 2.02. The van der Waals surface area contributed by atoms with Gasteiger partial charge in [-0.1, -0.05) is 47.2 Å². The lowest BCUT2D eigenvalue weighted by Crippen LogP contribution is -2.00. The number of hydrogen-bond donors (Lipinski definition) is 1. The van der Waals surface area contributed by atoms with Crippen LogP contribution in [-0.4, -0.2) is 4.32 Å². The van der Waals surface area contributed by atoms with Gasteiger partial charge in [-0.2, -0.15) is 0 Å². The fourth-order valence-electron chi connectivity index (χ4n) is 0.666. The van der Waals surface area contributed by atoms with Crippen molar-refractivity contribution in [2.45, 2.75) is 4.90 Å². The van der Waals surface area contributed by atoms with Crippen molar-refractivity contribution in [3.05, 3.63) is 28.2 Å². The Kier molecular flexibility index (Phi) is 3.65. The van der Waals surface area contributed by atoms with E-state index in [4.69, 9.17) is 41.2 Å². The zero-order valence-corrected chi connectivity index (χ0v) is 9.03. The van der Waals surface area contributed by atoms with Crippen molar-refractivity contribution in [2.75, 3.05) is 0 Å². The van der Waals surface area contributed by atoms with E-state index in [0.29, 0.717) is 14.4 Å². The average molecular weight is 238 g/mol. The van der Waals surface area contributed by atoms with Gasteiger partial charge < -0.3 is 5.73 Å². The maximum absolute atomic E-state index is 5.85. The molecule has 1 rings (SSSR count). The van der Waals surface area contributed by atoms with Crippen molar-refractivity contribution in [2.24, 2.45) is 5.73 Å². The molecule has 0 aliphatic heterocycles. The molecule has 0 spiro atoms. The highest BCUT2D eigenvalue weighted by Crippen LogP contribution is 2.29. The molecule has 0 radical (unpaired) electrons. The summed E-state index contributed by atoms with van der Waals surface area (Å²) < 4.78 is 0.347. The first kappa shape index (κ1) is 10.1. The van der Waals surface area contributed by atoms with Crippen LogP contribution in [0.3, 0.4) is 0 Å². The smallest absolute Gasteiger partial charge is 0.136 e. The Hall–Kier alpha value is 0.0400. The summed E-state index contributed by atoms with van der Waals surface area (Å²) in [6, 6.07) is 5.19. The topological polar surface area (TPSA) is 26.0 Å². The summed E-state index contributed by atoms with van der Waals surface area (Å²) in [6.45, 7) is 0. The maximum Gasteiger partial charge on any atom is 0.136 e. The molecule has 0 saturated carbocycles. The van der Waals surface area contributed by atoms with Crippen LogP contribution in [0.25, 0.3) is 0 Å². The second kappa shape index (κ2) is 4.33. The van der Waals surface area contributed by atoms with Gasteiger partial charge in [-0.15, -0.1) is 0 Å². The number of rotatable bonds is 1. The number of thiocarbonyl (C=S) groups is 1. The minimum atomic E-state index is 0.347. The van der Waals surface area contributed by atoms with Crippen molar-refractivity contribution in [3.8, 4) is 0 Å². The lowest BCUT2D eigenvalue weighted by Gasteiger charge is -2.01. The summed E-state index contributed by atoms with van der Waals surface area (Å²) in [5.41, 5.74) is 5.33. The van der Waals surface area contributed by atoms with Gasteiger partial charge in [0.2, 0.25) is 0 Å². The molecule has 5 heteroatoms. The average Bonchev–Trinajstić information content (AvgIpc) is 1.94. The molecule has 0 fully saturated rings. The van der Waals surface area contributed by atoms with Crippen molar-refractivity contribution in [1.29, 1.82) is 0 Å². The molecule has 0 aromatic heterocycles. The summed E-state index contributed by atoms with van der Waals surface area (Å²) >= 11 is 17.5. The maximum atomic E-state index is 5.85. The predicted octanol–water partition coefficient (Wildman–Crippen LogP) is 3.33. The van der Waals surface area contributed by atoms with Gasteiger partial charge in [0.15, 0.2) is 0 Å². The number of nitrogens with two attached hydrogens (primary N) is 1. The van der Waals surface area contributed by atoms with Crippen LogP contribution in [0.2, 0.25) is 10.0 Å². The third kappa shape index (κ3) is 2.83. The first-order chi connectivity index (χ1) is 5.59. The van der Waals surface area contributed by atoms with E-state index in [9.17, 15) is 0 Å². The van der Waals surface area contributed by atoms with Gasteiger partial charge in [0, 0.05) is 9.92 Å². The van der Waals surface area contributed by atoms with Crippen molar-refractivity contribution < 1.29 is 0 Å². The van der Waals surface area contributed by atoms with Crippen LogP contribution in [0, 0.1) is 0 Å². The minimum absolute atomic E-state index is 0.347. The highest BCUT2D eigenvalue weighted by atomic mass is 35.5. The molecule has 1 aromatic rings. The third-order valence-corrected chi connectivity index (χ3v) is 2.79. The van der Waals surface area contributed by atoms with Crippen molar-refractivity contribution in [3.63, 3.8) is 0 Å². The highest BCUT2D eigenvalue weighted by molar-refractivity contribution is 8.23. The molecule has 0 atom stereocenters. The van der Waals surface area contributed by atoms with E-state index < -0.39 is 0 Å². The summed E-state index contributed by atoms with van der Waals surface area (Å²) in [7, 11) is 0. The van der Waals surface area contributed by atoms with Gasteiger partial charge in [-0.05, 0) is 18.2 Å². The first-order valence-electron chi connectivity index (χ1n) is 3.02. The van der Waals surface area contributed by atoms with Crippen molar-refractivity contribution in [1.82, 2.24) is 0 Å². The Bertz CT molecular complexity index is 314. The van der Waals surface area contributed by atoms with Gasteiger partial charge >= 0.3 is 0 Å². The van der Waals surface area contributed by atoms with Gasteiger partial charge in [0.1, 0.15) is 4.32 Å². The molecule has 0 unspecified atom stereocenters. The summed E-state index contributed by atoms with van der Waals surface area (Å²) in [6.07, 6.45) is 0. The Morgan fingerprint density at radius 3 is 2.58 bits per heavy atom. The molecule has 1 aromatic carbocycles. The molecule has 12 heavy (non-hydrogen) atoms. The molecule has 2 N–H and O–H groups in total. The lowest BCUT2D eigenvalue weighted by atomic mass is 10.4. The molecule has 1 nitrogen and oxygen atoms in total. The fraction of sp³-hybridized carbons (Fsp3) is 0. The van der Waals surface area contributed by atoms with Gasteiger partial charge in [0.25, 0.3) is 0 Å². The predicted molar refractivity (Wildman–Crippen MR) is 59.1 cm³/mol. The van der Waals surface area contributed by atoms with E-state index in [-0.39, 0.29) is 0 Å². The van der Waals surface area contributed by atoms with E-state index >= 15 is 0 Å². The Labute approximate surface area is 90.2 Å². The van der Waals surface area contributed by atoms with E-state index in [0.717, 1.165) is 4.90 Å². The van der Waals surface area contributed by atoms with Crippen LogP contribution in [-0.2, 0) is 0 Å². The molecular weight excluding hydrogens is 233 g/mol. The summed E-state index contributed by atoms with van der Waals surface area (Å²) in [4.78, 5) is 0.827. The van der Waals surface area contributed by atoms with Crippen LogP contribution in [0.4, 0.5) is 0 Å². The Balaban J connectivity index is 2.93. The van der Waals surface area contributed by atoms with Crippen LogP contribution in [0.1, 0.15) is 0 Å². The second-order valence-electron chi connectivity index (χ2n) is 2.00. The lowest BCUT2D eigenvalue weighted by molar-refractivity contribution is 1.47. The minimum Gasteiger partial charge on any atom is -0.384 e. The van der Waals surface area contributed by atoms with Crippen LogP contribution in [0.5, 0.6) is 0 Å². The number of thioether (sulfide) groups is 1. The van der Waals surface area contributed by atoms with Crippen molar-refractivity contribution >= 4 is 51.5 Å². The number of halogens is 2. The van der Waals surface area contributed by atoms with Gasteiger partial charge in [-0.25, -0.2) is 0 Å². The largest absolute Gasteiger partial charge is 0.384 e. The SMILES string of the molecule is NC(=S)Sc1ccc(Cl)cc1Cl. The molecule has 0 amide bonds. The zero-order chi connectivity index (χ0) is 9.14. The van der Waals surface area contributed by atoms with E-state index in [1.54, 1.807) is 18.2 Å². The molecule has 0 heterocycles. The Morgan fingerprint density at radius 2 is 2.08 bits per heavy atom. The zero-order valence-electron chi connectivity index (χ0n) is 5.88.